The van der Waals surface area contributed by atoms with Crippen molar-refractivity contribution in [3.05, 3.63) is 34.0 Å². The second-order valence-corrected chi connectivity index (χ2v) is 4.99. The van der Waals surface area contributed by atoms with E-state index < -0.39 is 0 Å². The van der Waals surface area contributed by atoms with Gasteiger partial charge in [-0.15, -0.1) is 0 Å². The van der Waals surface area contributed by atoms with Crippen molar-refractivity contribution in [3.63, 3.8) is 0 Å². The molecule has 0 fully saturated rings. The largest absolute Gasteiger partial charge is 0.460 e. The quantitative estimate of drug-likeness (QED) is 0.783. The van der Waals surface area contributed by atoms with Crippen LogP contribution in [0.1, 0.15) is 5.76 Å². The summed E-state index contributed by atoms with van der Waals surface area (Å²) >= 11 is 13.4. The number of nitrogens with zero attached hydrogens (tertiary/aromatic N) is 2. The molecule has 92 valence electrons. The summed E-state index contributed by atoms with van der Waals surface area (Å²) in [6, 6.07) is 5.27. The molecule has 2 heterocycles. The topological polar surface area (TPSA) is 64.9 Å². The fourth-order valence-electron chi connectivity index (χ4n) is 1.73. The Morgan fingerprint density at radius 3 is 2.67 bits per heavy atom. The zero-order valence-corrected chi connectivity index (χ0v) is 11.3. The van der Waals surface area contributed by atoms with Crippen molar-refractivity contribution in [2.24, 2.45) is 5.73 Å². The Labute approximate surface area is 117 Å². The van der Waals surface area contributed by atoms with E-state index in [9.17, 15) is 0 Å². The minimum atomic E-state index is 0.337. The summed E-state index contributed by atoms with van der Waals surface area (Å²) in [5.41, 5.74) is 7.50. The van der Waals surface area contributed by atoms with Crippen LogP contribution < -0.4 is 5.73 Å². The number of aromatic nitrogens is 2. The van der Waals surface area contributed by atoms with E-state index in [1.807, 2.05) is 12.1 Å². The number of benzene rings is 1. The molecule has 0 aliphatic carbocycles. The van der Waals surface area contributed by atoms with E-state index in [0.29, 0.717) is 44.7 Å². The van der Waals surface area contributed by atoms with Crippen LogP contribution in [0.25, 0.3) is 22.4 Å². The molecule has 0 aliphatic heterocycles. The van der Waals surface area contributed by atoms with Gasteiger partial charge in [0.15, 0.2) is 0 Å². The van der Waals surface area contributed by atoms with Crippen LogP contribution in [-0.2, 0) is 6.54 Å². The highest BCUT2D eigenvalue weighted by atomic mass is 35.5. The maximum atomic E-state index is 6.21. The molecular formula is C11H7Cl2N3OS. The SMILES string of the molecule is NCc1ccc(-c2c(Cl)cc(Cl)c3nsnc23)o1. The highest BCUT2D eigenvalue weighted by Gasteiger charge is 2.18. The molecule has 0 spiro atoms. The zero-order chi connectivity index (χ0) is 12.7. The lowest BCUT2D eigenvalue weighted by Gasteiger charge is -2.03. The average Bonchev–Trinajstić information content (AvgIpc) is 2.97. The first-order chi connectivity index (χ1) is 8.70. The van der Waals surface area contributed by atoms with Gasteiger partial charge in [0.05, 0.1) is 33.9 Å². The minimum Gasteiger partial charge on any atom is -0.460 e. The summed E-state index contributed by atoms with van der Waals surface area (Å²) in [7, 11) is 0. The van der Waals surface area contributed by atoms with E-state index in [4.69, 9.17) is 33.4 Å². The summed E-state index contributed by atoms with van der Waals surface area (Å²) in [5, 5.41) is 0.969. The monoisotopic (exact) mass is 299 g/mol. The predicted molar refractivity (Wildman–Crippen MR) is 73.0 cm³/mol. The average molecular weight is 300 g/mol. The summed E-state index contributed by atoms with van der Waals surface area (Å²) in [4.78, 5) is 0. The van der Waals surface area contributed by atoms with E-state index in [1.54, 1.807) is 6.07 Å². The van der Waals surface area contributed by atoms with Crippen molar-refractivity contribution in [2.75, 3.05) is 0 Å². The lowest BCUT2D eigenvalue weighted by atomic mass is 10.1. The molecule has 1 aromatic carbocycles. The summed E-state index contributed by atoms with van der Waals surface area (Å²) in [6.07, 6.45) is 0. The molecule has 7 heteroatoms. The standard InChI is InChI=1S/C11H7Cl2N3OS/c12-6-3-7(13)10-11(16-18-15-10)9(6)8-2-1-5(4-14)17-8/h1-3H,4,14H2. The normalized spacial score (nSPS) is 11.3. The third kappa shape index (κ3) is 1.80. The van der Waals surface area contributed by atoms with Gasteiger partial charge in [-0.2, -0.15) is 8.75 Å². The first-order valence-corrected chi connectivity index (χ1v) is 6.58. The van der Waals surface area contributed by atoms with E-state index >= 15 is 0 Å². The third-order valence-electron chi connectivity index (χ3n) is 2.55. The van der Waals surface area contributed by atoms with Gasteiger partial charge >= 0.3 is 0 Å². The van der Waals surface area contributed by atoms with Gasteiger partial charge in [-0.1, -0.05) is 23.2 Å². The summed E-state index contributed by atoms with van der Waals surface area (Å²) in [5.74, 6) is 1.31. The van der Waals surface area contributed by atoms with Crippen LogP contribution in [0.3, 0.4) is 0 Å². The highest BCUT2D eigenvalue weighted by molar-refractivity contribution is 7.00. The van der Waals surface area contributed by atoms with Crippen molar-refractivity contribution in [3.8, 4) is 11.3 Å². The minimum absolute atomic E-state index is 0.337. The van der Waals surface area contributed by atoms with Gasteiger partial charge in [-0.05, 0) is 18.2 Å². The van der Waals surface area contributed by atoms with Crippen molar-refractivity contribution < 1.29 is 4.42 Å². The lowest BCUT2D eigenvalue weighted by molar-refractivity contribution is 0.526. The fraction of sp³-hybridized carbons (Fsp3) is 0.0909. The molecular weight excluding hydrogens is 293 g/mol. The van der Waals surface area contributed by atoms with Gasteiger partial charge in [0.2, 0.25) is 0 Å². The van der Waals surface area contributed by atoms with Crippen LogP contribution in [0.2, 0.25) is 10.0 Å². The summed E-state index contributed by atoms with van der Waals surface area (Å²) in [6.45, 7) is 0.337. The molecule has 0 aliphatic rings. The molecule has 0 unspecified atom stereocenters. The summed E-state index contributed by atoms with van der Waals surface area (Å²) < 4.78 is 14.0. The van der Waals surface area contributed by atoms with Crippen LogP contribution in [0.4, 0.5) is 0 Å². The van der Waals surface area contributed by atoms with Gasteiger partial charge in [-0.3, -0.25) is 0 Å². The number of fused-ring (bicyclic) bond motifs is 1. The predicted octanol–water partition coefficient (Wildman–Crippen LogP) is 3.72. The van der Waals surface area contributed by atoms with Crippen molar-refractivity contribution in [2.45, 2.75) is 6.54 Å². The second kappa shape index (κ2) is 4.51. The molecule has 0 saturated heterocycles. The number of hydrogen-bond donors (Lipinski definition) is 1. The molecule has 4 nitrogen and oxygen atoms in total. The molecule has 2 aromatic heterocycles. The lowest BCUT2D eigenvalue weighted by Crippen LogP contribution is -1.92. The second-order valence-electron chi connectivity index (χ2n) is 3.65. The van der Waals surface area contributed by atoms with Crippen molar-refractivity contribution in [1.82, 2.24) is 8.75 Å². The Balaban J connectivity index is 2.30. The molecule has 2 N–H and O–H groups in total. The fourth-order valence-corrected chi connectivity index (χ4v) is 2.94. The number of furan rings is 1. The first-order valence-electron chi connectivity index (χ1n) is 5.10. The number of nitrogens with two attached hydrogens (primary N) is 1. The first kappa shape index (κ1) is 11.9. The number of rotatable bonds is 2. The zero-order valence-electron chi connectivity index (χ0n) is 8.98. The van der Waals surface area contributed by atoms with Crippen LogP contribution in [-0.4, -0.2) is 8.75 Å². The number of hydrogen-bond acceptors (Lipinski definition) is 5. The van der Waals surface area contributed by atoms with E-state index in [2.05, 4.69) is 8.75 Å². The molecule has 0 atom stereocenters. The smallest absolute Gasteiger partial charge is 0.138 e. The maximum Gasteiger partial charge on any atom is 0.138 e. The Hall–Kier alpha value is -1.14. The van der Waals surface area contributed by atoms with E-state index in [1.165, 1.54) is 0 Å². The Kier molecular flexibility index (Phi) is 2.99. The van der Waals surface area contributed by atoms with Gasteiger partial charge in [0.1, 0.15) is 22.6 Å². The van der Waals surface area contributed by atoms with Gasteiger partial charge in [-0.25, -0.2) is 0 Å². The Morgan fingerprint density at radius 2 is 1.94 bits per heavy atom. The third-order valence-corrected chi connectivity index (χ3v) is 3.67. The van der Waals surface area contributed by atoms with E-state index in [-0.39, 0.29) is 0 Å². The van der Waals surface area contributed by atoms with Gasteiger partial charge in [0.25, 0.3) is 0 Å². The molecule has 3 rings (SSSR count). The van der Waals surface area contributed by atoms with E-state index in [0.717, 1.165) is 11.7 Å². The van der Waals surface area contributed by atoms with Crippen LogP contribution in [0, 0.1) is 0 Å². The van der Waals surface area contributed by atoms with Gasteiger partial charge in [0, 0.05) is 0 Å². The molecule has 0 saturated carbocycles. The van der Waals surface area contributed by atoms with Crippen LogP contribution >= 0.6 is 34.9 Å². The maximum absolute atomic E-state index is 6.21. The van der Waals surface area contributed by atoms with Crippen LogP contribution in [0.15, 0.2) is 22.6 Å². The molecule has 0 radical (unpaired) electrons. The number of halogens is 2. The molecule has 0 bridgehead atoms. The van der Waals surface area contributed by atoms with Gasteiger partial charge < -0.3 is 10.2 Å². The Morgan fingerprint density at radius 1 is 1.17 bits per heavy atom. The molecule has 0 amide bonds. The van der Waals surface area contributed by atoms with Crippen molar-refractivity contribution >= 4 is 46.0 Å². The Bertz CT molecular complexity index is 722. The van der Waals surface area contributed by atoms with Crippen LogP contribution in [0.5, 0.6) is 0 Å². The van der Waals surface area contributed by atoms with Crippen molar-refractivity contribution in [1.29, 1.82) is 0 Å². The molecule has 3 aromatic rings. The molecule has 18 heavy (non-hydrogen) atoms. The highest BCUT2D eigenvalue weighted by Crippen LogP contribution is 2.38.